The first-order valence-corrected chi connectivity index (χ1v) is 10.4. The Kier molecular flexibility index (Phi) is 6.14. The Labute approximate surface area is 180 Å². The largest absolute Gasteiger partial charge is 0.497 e. The van der Waals surface area contributed by atoms with Crippen molar-refractivity contribution in [2.45, 2.75) is 25.9 Å². The van der Waals surface area contributed by atoms with Crippen LogP contribution in [0.15, 0.2) is 82.0 Å². The minimum absolute atomic E-state index is 0.109. The van der Waals surface area contributed by atoms with E-state index in [9.17, 15) is 9.18 Å². The molecule has 4 aromatic rings. The number of ether oxygens (including phenoxy) is 1. The van der Waals surface area contributed by atoms with Crippen molar-refractivity contribution in [3.63, 3.8) is 0 Å². The molecule has 0 unspecified atom stereocenters. The third-order valence-corrected chi connectivity index (χ3v) is 5.57. The Morgan fingerprint density at radius 2 is 1.81 bits per heavy atom. The van der Waals surface area contributed by atoms with Gasteiger partial charge < -0.3 is 14.5 Å². The third kappa shape index (κ3) is 4.67. The zero-order valence-corrected chi connectivity index (χ0v) is 17.6. The number of benzene rings is 3. The Balaban J connectivity index is 1.70. The lowest BCUT2D eigenvalue weighted by Crippen LogP contribution is -2.84. The van der Waals surface area contributed by atoms with Crippen molar-refractivity contribution in [1.29, 1.82) is 0 Å². The molecule has 4 rings (SSSR count). The fraction of sp³-hybridized carbons (Fsp3) is 0.192. The maximum Gasteiger partial charge on any atom is 0.336 e. The molecule has 1 aromatic heterocycles. The van der Waals surface area contributed by atoms with E-state index in [0.29, 0.717) is 17.9 Å². The molecule has 5 heteroatoms. The van der Waals surface area contributed by atoms with Gasteiger partial charge in [0, 0.05) is 34.2 Å². The van der Waals surface area contributed by atoms with E-state index in [0.717, 1.165) is 28.5 Å². The summed E-state index contributed by atoms with van der Waals surface area (Å²) in [6.07, 6.45) is 0.962. The van der Waals surface area contributed by atoms with Gasteiger partial charge in [0.2, 0.25) is 0 Å². The summed E-state index contributed by atoms with van der Waals surface area (Å²) < 4.78 is 24.6. The van der Waals surface area contributed by atoms with Gasteiger partial charge in [-0.1, -0.05) is 43.3 Å². The summed E-state index contributed by atoms with van der Waals surface area (Å²) in [5, 5.41) is 2.98. The highest BCUT2D eigenvalue weighted by Crippen LogP contribution is 2.23. The first-order chi connectivity index (χ1) is 15.1. The highest BCUT2D eigenvalue weighted by Gasteiger charge is 2.19. The average Bonchev–Trinajstić information content (AvgIpc) is 2.79. The van der Waals surface area contributed by atoms with Gasteiger partial charge >= 0.3 is 5.63 Å². The van der Waals surface area contributed by atoms with Crippen molar-refractivity contribution < 1.29 is 18.9 Å². The van der Waals surface area contributed by atoms with Crippen molar-refractivity contribution in [1.82, 2.24) is 0 Å². The third-order valence-electron chi connectivity index (χ3n) is 5.57. The molecule has 0 bridgehead atoms. The highest BCUT2D eigenvalue weighted by atomic mass is 19.1. The second-order valence-electron chi connectivity index (χ2n) is 7.52. The number of methoxy groups -OCH3 is 1. The predicted molar refractivity (Wildman–Crippen MR) is 119 cm³/mol. The van der Waals surface area contributed by atoms with Crippen LogP contribution >= 0.6 is 0 Å². The summed E-state index contributed by atoms with van der Waals surface area (Å²) in [6.45, 7) is 2.65. The van der Waals surface area contributed by atoms with Crippen LogP contribution in [0.5, 0.6) is 5.75 Å². The van der Waals surface area contributed by atoms with Gasteiger partial charge in [-0.25, -0.2) is 9.18 Å². The van der Waals surface area contributed by atoms with E-state index in [1.807, 2.05) is 18.2 Å². The number of hydrogen-bond acceptors (Lipinski definition) is 3. The van der Waals surface area contributed by atoms with Gasteiger partial charge in [0.1, 0.15) is 29.7 Å². The molecule has 2 N–H and O–H groups in total. The highest BCUT2D eigenvalue weighted by molar-refractivity contribution is 5.81. The van der Waals surface area contributed by atoms with E-state index < -0.39 is 5.63 Å². The van der Waals surface area contributed by atoms with E-state index in [2.05, 4.69) is 36.5 Å². The van der Waals surface area contributed by atoms with Gasteiger partial charge in [0.15, 0.2) is 0 Å². The summed E-state index contributed by atoms with van der Waals surface area (Å²) in [6, 6.07) is 21.9. The topological polar surface area (TPSA) is 56.0 Å². The molecule has 0 fully saturated rings. The van der Waals surface area contributed by atoms with Crippen molar-refractivity contribution >= 4 is 11.0 Å². The average molecular weight is 418 g/mol. The fourth-order valence-corrected chi connectivity index (χ4v) is 3.88. The molecule has 0 saturated heterocycles. The Morgan fingerprint density at radius 1 is 1.00 bits per heavy atom. The smallest absolute Gasteiger partial charge is 0.336 e. The zero-order valence-electron chi connectivity index (χ0n) is 17.6. The lowest BCUT2D eigenvalue weighted by Gasteiger charge is -2.18. The minimum Gasteiger partial charge on any atom is -0.497 e. The quantitative estimate of drug-likeness (QED) is 0.454. The lowest BCUT2D eigenvalue weighted by molar-refractivity contribution is -0.702. The monoisotopic (exact) mass is 418 g/mol. The van der Waals surface area contributed by atoms with Gasteiger partial charge in [-0.05, 0) is 36.2 Å². The Bertz CT molecular complexity index is 1250. The number of halogens is 1. The van der Waals surface area contributed by atoms with E-state index in [1.54, 1.807) is 25.3 Å². The second kappa shape index (κ2) is 9.14. The summed E-state index contributed by atoms with van der Waals surface area (Å²) >= 11 is 0. The molecule has 158 valence electrons. The van der Waals surface area contributed by atoms with E-state index >= 15 is 0 Å². The minimum atomic E-state index is -0.404. The van der Waals surface area contributed by atoms with E-state index in [-0.39, 0.29) is 11.9 Å². The van der Waals surface area contributed by atoms with Crippen LogP contribution in [0.2, 0.25) is 0 Å². The number of nitrogens with two attached hydrogens (primary N) is 1. The molecular weight excluding hydrogens is 393 g/mol. The molecular formula is C26H25FNO3+. The molecule has 0 aliphatic rings. The van der Waals surface area contributed by atoms with Crippen LogP contribution in [0.25, 0.3) is 11.0 Å². The second-order valence-corrected chi connectivity index (χ2v) is 7.52. The van der Waals surface area contributed by atoms with Crippen molar-refractivity contribution in [2.24, 2.45) is 0 Å². The van der Waals surface area contributed by atoms with E-state index in [4.69, 9.17) is 9.15 Å². The summed E-state index contributed by atoms with van der Waals surface area (Å²) in [7, 11) is 1.57. The zero-order chi connectivity index (χ0) is 21.8. The first kappa shape index (κ1) is 20.8. The van der Waals surface area contributed by atoms with Crippen LogP contribution in [-0.2, 0) is 13.0 Å². The fourth-order valence-electron chi connectivity index (χ4n) is 3.88. The number of fused-ring (bicyclic) bond motifs is 1. The first-order valence-electron chi connectivity index (χ1n) is 10.4. The Hall–Kier alpha value is -3.44. The standard InChI is InChI=1S/C26H24FNO3/c1-3-17-7-9-18(10-8-17)26(19-5-4-6-21(27)13-19)28-16-20-14-25(29)31-24-15-22(30-2)11-12-23(20)24/h4-15,26,28H,3,16H2,1-2H3/p+1/t26-/m0/s1. The molecule has 0 spiro atoms. The molecule has 0 amide bonds. The van der Waals surface area contributed by atoms with Gasteiger partial charge in [-0.2, -0.15) is 0 Å². The van der Waals surface area contributed by atoms with Gasteiger partial charge in [0.05, 0.1) is 7.11 Å². The molecule has 0 aliphatic carbocycles. The van der Waals surface area contributed by atoms with Crippen LogP contribution in [-0.4, -0.2) is 7.11 Å². The Morgan fingerprint density at radius 3 is 2.52 bits per heavy atom. The van der Waals surface area contributed by atoms with Crippen LogP contribution < -0.4 is 15.7 Å². The van der Waals surface area contributed by atoms with Gasteiger partial charge in [-0.15, -0.1) is 0 Å². The number of hydrogen-bond donors (Lipinski definition) is 1. The molecule has 3 aromatic carbocycles. The predicted octanol–water partition coefficient (Wildman–Crippen LogP) is 4.36. The number of quaternary nitrogens is 1. The van der Waals surface area contributed by atoms with Gasteiger partial charge in [-0.3, -0.25) is 0 Å². The lowest BCUT2D eigenvalue weighted by atomic mass is 9.96. The van der Waals surface area contributed by atoms with Crippen LogP contribution in [0.3, 0.4) is 0 Å². The molecule has 31 heavy (non-hydrogen) atoms. The normalized spacial score (nSPS) is 12.1. The maximum atomic E-state index is 14.0. The number of aryl methyl sites for hydroxylation is 1. The molecule has 0 saturated carbocycles. The van der Waals surface area contributed by atoms with Crippen LogP contribution in [0.4, 0.5) is 4.39 Å². The van der Waals surface area contributed by atoms with Crippen molar-refractivity contribution in [3.8, 4) is 5.75 Å². The molecule has 0 aliphatic heterocycles. The maximum absolute atomic E-state index is 14.0. The van der Waals surface area contributed by atoms with Crippen molar-refractivity contribution in [2.75, 3.05) is 7.11 Å². The van der Waals surface area contributed by atoms with Crippen LogP contribution in [0.1, 0.15) is 35.2 Å². The van der Waals surface area contributed by atoms with Gasteiger partial charge in [0.25, 0.3) is 0 Å². The summed E-state index contributed by atoms with van der Waals surface area (Å²) in [5.74, 6) is 0.365. The summed E-state index contributed by atoms with van der Waals surface area (Å²) in [5.41, 5.74) is 4.15. The number of rotatable bonds is 7. The van der Waals surface area contributed by atoms with Crippen molar-refractivity contribution in [3.05, 3.63) is 111 Å². The molecule has 4 nitrogen and oxygen atoms in total. The van der Waals surface area contributed by atoms with E-state index in [1.165, 1.54) is 17.7 Å². The van der Waals surface area contributed by atoms with Crippen LogP contribution in [0, 0.1) is 5.82 Å². The molecule has 1 heterocycles. The SMILES string of the molecule is CCc1ccc([C@H]([NH2+]Cc2cc(=O)oc3cc(OC)ccc23)c2cccc(F)c2)cc1. The summed E-state index contributed by atoms with van der Waals surface area (Å²) in [4.78, 5) is 12.1. The molecule has 1 atom stereocenters. The molecule has 0 radical (unpaired) electrons.